The Balaban J connectivity index is 2.66. The number of carbonyl (C=O) groups excluding carboxylic acids is 1. The van der Waals surface area contributed by atoms with Crippen LogP contribution in [0, 0.1) is 17.3 Å². The molecule has 20 heavy (non-hydrogen) atoms. The third kappa shape index (κ3) is 5.36. The summed E-state index contributed by atoms with van der Waals surface area (Å²) in [5.74, 6) is 5.15. The van der Waals surface area contributed by atoms with Gasteiger partial charge in [0.05, 0.1) is 13.2 Å². The van der Waals surface area contributed by atoms with Crippen molar-refractivity contribution >= 4 is 5.97 Å². The molecule has 0 spiro atoms. The molecule has 0 N–H and O–H groups in total. The van der Waals surface area contributed by atoms with Gasteiger partial charge in [0.15, 0.2) is 5.79 Å². The molecule has 0 aromatic carbocycles. The number of hydrogen-bond donors (Lipinski definition) is 0. The quantitative estimate of drug-likeness (QED) is 0.441. The lowest BCUT2D eigenvalue weighted by Gasteiger charge is -2.43. The van der Waals surface area contributed by atoms with Gasteiger partial charge in [0.25, 0.3) is 0 Å². The van der Waals surface area contributed by atoms with Gasteiger partial charge in [0, 0.05) is 18.8 Å². The lowest BCUT2D eigenvalue weighted by molar-refractivity contribution is -0.284. The molecule has 1 rings (SSSR count). The first-order valence-electron chi connectivity index (χ1n) is 6.76. The second-order valence-corrected chi connectivity index (χ2v) is 5.79. The molecule has 0 unspecified atom stereocenters. The highest BCUT2D eigenvalue weighted by Crippen LogP contribution is 2.37. The fourth-order valence-corrected chi connectivity index (χ4v) is 2.06. The molecule has 1 heterocycles. The molecule has 0 atom stereocenters. The van der Waals surface area contributed by atoms with Gasteiger partial charge >= 0.3 is 5.97 Å². The van der Waals surface area contributed by atoms with Crippen LogP contribution in [0.2, 0.25) is 0 Å². The van der Waals surface area contributed by atoms with E-state index in [-0.39, 0.29) is 18.0 Å². The van der Waals surface area contributed by atoms with Crippen molar-refractivity contribution in [3.8, 4) is 11.8 Å². The molecule has 4 heteroatoms. The third-order valence-corrected chi connectivity index (χ3v) is 3.20. The number of rotatable bonds is 5. The van der Waals surface area contributed by atoms with Crippen molar-refractivity contribution in [2.24, 2.45) is 5.41 Å². The van der Waals surface area contributed by atoms with E-state index in [0.717, 1.165) is 5.57 Å². The molecule has 0 amide bonds. The Morgan fingerprint density at radius 1 is 1.35 bits per heavy atom. The molecule has 112 valence electrons. The van der Waals surface area contributed by atoms with Gasteiger partial charge in [0.1, 0.15) is 6.61 Å². The molecule has 0 saturated carbocycles. The Bertz CT molecular complexity index is 415. The molecule has 4 nitrogen and oxygen atoms in total. The average Bonchev–Trinajstić information content (AvgIpc) is 2.38. The van der Waals surface area contributed by atoms with Gasteiger partial charge < -0.3 is 14.2 Å². The molecule has 1 aliphatic heterocycles. The van der Waals surface area contributed by atoms with Crippen LogP contribution < -0.4 is 0 Å². The highest BCUT2D eigenvalue weighted by Gasteiger charge is 2.40. The molecule has 0 bridgehead atoms. The van der Waals surface area contributed by atoms with E-state index in [9.17, 15) is 4.79 Å². The Hall–Kier alpha value is -1.31. The predicted molar refractivity (Wildman–Crippen MR) is 76.9 cm³/mol. The molecule has 0 aromatic heterocycles. The summed E-state index contributed by atoms with van der Waals surface area (Å²) in [6, 6.07) is 0. The summed E-state index contributed by atoms with van der Waals surface area (Å²) in [5, 5.41) is 0. The summed E-state index contributed by atoms with van der Waals surface area (Å²) in [5.41, 5.74) is 0.639. The van der Waals surface area contributed by atoms with Crippen molar-refractivity contribution in [3.05, 3.63) is 12.2 Å². The molecule has 1 saturated heterocycles. The van der Waals surface area contributed by atoms with Crippen LogP contribution in [0.15, 0.2) is 12.2 Å². The zero-order valence-corrected chi connectivity index (χ0v) is 12.9. The first kappa shape index (κ1) is 16.7. The van der Waals surface area contributed by atoms with Crippen LogP contribution in [0.4, 0.5) is 0 Å². The minimum atomic E-state index is -0.555. The van der Waals surface area contributed by atoms with Crippen LogP contribution in [0.5, 0.6) is 0 Å². The van der Waals surface area contributed by atoms with E-state index in [2.05, 4.69) is 18.4 Å². The molecule has 0 aromatic rings. The normalized spacial score (nSPS) is 19.6. The lowest BCUT2D eigenvalue weighted by atomic mass is 9.79. The summed E-state index contributed by atoms with van der Waals surface area (Å²) in [7, 11) is 0. The van der Waals surface area contributed by atoms with Crippen LogP contribution in [0.25, 0.3) is 0 Å². The van der Waals surface area contributed by atoms with Gasteiger partial charge in [-0.1, -0.05) is 6.58 Å². The van der Waals surface area contributed by atoms with Crippen molar-refractivity contribution < 1.29 is 19.0 Å². The number of esters is 1. The molecule has 0 aliphatic carbocycles. The maximum Gasteiger partial charge on any atom is 0.302 e. The van der Waals surface area contributed by atoms with Crippen molar-refractivity contribution in [1.82, 2.24) is 0 Å². The fraction of sp³-hybridized carbons (Fsp3) is 0.688. The van der Waals surface area contributed by atoms with E-state index in [0.29, 0.717) is 26.1 Å². The summed E-state index contributed by atoms with van der Waals surface area (Å²) in [6.45, 7) is 12.3. The Morgan fingerprint density at radius 2 is 1.95 bits per heavy atom. The molecule has 1 fully saturated rings. The number of ether oxygens (including phenoxy) is 3. The third-order valence-electron chi connectivity index (χ3n) is 3.20. The van der Waals surface area contributed by atoms with Crippen LogP contribution in [0.3, 0.4) is 0 Å². The Labute approximate surface area is 121 Å². The molecule has 1 aliphatic rings. The van der Waals surface area contributed by atoms with E-state index in [1.165, 1.54) is 6.92 Å². The summed E-state index contributed by atoms with van der Waals surface area (Å²) in [6.07, 6.45) is 1.35. The topological polar surface area (TPSA) is 44.8 Å². The van der Waals surface area contributed by atoms with Gasteiger partial charge in [-0.25, -0.2) is 0 Å². The van der Waals surface area contributed by atoms with E-state index in [1.54, 1.807) is 0 Å². The van der Waals surface area contributed by atoms with Crippen molar-refractivity contribution in [1.29, 1.82) is 0 Å². The van der Waals surface area contributed by atoms with Crippen LogP contribution in [-0.4, -0.2) is 31.6 Å². The second-order valence-electron chi connectivity index (χ2n) is 5.79. The Kier molecular flexibility index (Phi) is 5.79. The highest BCUT2D eigenvalue weighted by molar-refractivity contribution is 5.66. The predicted octanol–water partition coefficient (Wildman–Crippen LogP) is 2.68. The Morgan fingerprint density at radius 3 is 2.45 bits per heavy atom. The smallest absolute Gasteiger partial charge is 0.302 e. The van der Waals surface area contributed by atoms with E-state index < -0.39 is 5.79 Å². The van der Waals surface area contributed by atoms with E-state index in [4.69, 9.17) is 14.2 Å². The van der Waals surface area contributed by atoms with Gasteiger partial charge in [0.2, 0.25) is 0 Å². The molecular formula is C16H24O4. The van der Waals surface area contributed by atoms with Gasteiger partial charge in [-0.2, -0.15) is 0 Å². The maximum absolute atomic E-state index is 10.8. The van der Waals surface area contributed by atoms with Crippen molar-refractivity contribution in [2.75, 3.05) is 19.8 Å². The number of carbonyl (C=O) groups is 1. The minimum absolute atomic E-state index is 0.213. The first-order chi connectivity index (χ1) is 9.29. The monoisotopic (exact) mass is 280 g/mol. The van der Waals surface area contributed by atoms with Crippen molar-refractivity contribution in [3.63, 3.8) is 0 Å². The summed E-state index contributed by atoms with van der Waals surface area (Å²) in [4.78, 5) is 10.8. The van der Waals surface area contributed by atoms with Gasteiger partial charge in [-0.15, -0.1) is 11.8 Å². The largest absolute Gasteiger partial charge is 0.461 e. The van der Waals surface area contributed by atoms with Gasteiger partial charge in [-0.3, -0.25) is 4.79 Å². The minimum Gasteiger partial charge on any atom is -0.461 e. The van der Waals surface area contributed by atoms with Crippen LogP contribution in [-0.2, 0) is 19.0 Å². The first-order valence-corrected chi connectivity index (χ1v) is 6.76. The van der Waals surface area contributed by atoms with E-state index in [1.807, 2.05) is 20.8 Å². The SMILES string of the molecule is C=C(COC(C)=O)CC1(CC#CC)COC(C)(C)OC1. The van der Waals surface area contributed by atoms with Crippen LogP contribution in [0.1, 0.15) is 40.5 Å². The van der Waals surface area contributed by atoms with Crippen LogP contribution >= 0.6 is 0 Å². The standard InChI is InChI=1S/C16H24O4/c1-6-7-8-16(9-13(2)10-18-14(3)17)11-19-15(4,5)20-12-16/h2,8-12H2,1,3-5H3. The lowest BCUT2D eigenvalue weighted by Crippen LogP contribution is -2.46. The zero-order valence-electron chi connectivity index (χ0n) is 12.9. The summed E-state index contributed by atoms with van der Waals surface area (Å²) >= 11 is 0. The van der Waals surface area contributed by atoms with Crippen molar-refractivity contribution in [2.45, 2.75) is 46.3 Å². The average molecular weight is 280 g/mol. The zero-order chi connectivity index (χ0) is 15.2. The highest BCUT2D eigenvalue weighted by atomic mass is 16.7. The fourth-order valence-electron chi connectivity index (χ4n) is 2.06. The maximum atomic E-state index is 10.8. The molecular weight excluding hydrogens is 256 g/mol. The molecule has 0 radical (unpaired) electrons. The van der Waals surface area contributed by atoms with E-state index >= 15 is 0 Å². The second kappa shape index (κ2) is 6.92. The van der Waals surface area contributed by atoms with Gasteiger partial charge in [-0.05, 0) is 32.8 Å². The number of hydrogen-bond acceptors (Lipinski definition) is 4. The summed E-state index contributed by atoms with van der Waals surface area (Å²) < 4.78 is 16.5.